The zero-order valence-electron chi connectivity index (χ0n) is 15.4. The van der Waals surface area contributed by atoms with E-state index in [0.717, 1.165) is 12.8 Å². The summed E-state index contributed by atoms with van der Waals surface area (Å²) < 4.78 is 19.1. The fraction of sp³-hybridized carbons (Fsp3) is 0.500. The number of urea groups is 1. The predicted octanol–water partition coefficient (Wildman–Crippen LogP) is 3.19. The molecule has 1 aromatic carbocycles. The van der Waals surface area contributed by atoms with Crippen molar-refractivity contribution in [2.45, 2.75) is 38.1 Å². The number of hydrogen-bond acceptors (Lipinski definition) is 5. The molecule has 1 aliphatic rings. The van der Waals surface area contributed by atoms with Gasteiger partial charge in [-0.25, -0.2) is 9.18 Å². The highest BCUT2D eigenvalue weighted by Crippen LogP contribution is 2.26. The molecular weight excluding hydrogens is 373 g/mol. The number of carbonyl (C=O) groups excluding carboxylic acids is 1. The molecule has 3 rings (SSSR count). The molecule has 0 saturated carbocycles. The Balaban J connectivity index is 0.00000261. The maximum atomic E-state index is 13.7. The number of aromatic nitrogens is 2. The third-order valence-corrected chi connectivity index (χ3v) is 4.64. The summed E-state index contributed by atoms with van der Waals surface area (Å²) in [5, 5.41) is 9.80. The van der Waals surface area contributed by atoms with Gasteiger partial charge in [0.2, 0.25) is 5.89 Å². The van der Waals surface area contributed by atoms with Gasteiger partial charge in [0.05, 0.1) is 11.6 Å². The van der Waals surface area contributed by atoms with Gasteiger partial charge in [-0.1, -0.05) is 17.3 Å². The van der Waals surface area contributed by atoms with E-state index >= 15 is 0 Å². The lowest BCUT2D eigenvalue weighted by Gasteiger charge is -2.31. The van der Waals surface area contributed by atoms with E-state index in [4.69, 9.17) is 4.52 Å². The number of carbonyl (C=O) groups is 1. The van der Waals surface area contributed by atoms with E-state index in [-0.39, 0.29) is 36.1 Å². The zero-order chi connectivity index (χ0) is 18.5. The van der Waals surface area contributed by atoms with Crippen LogP contribution in [0.2, 0.25) is 0 Å². The molecular formula is C18H25ClFN5O2. The molecule has 1 fully saturated rings. The van der Waals surface area contributed by atoms with Crippen LogP contribution in [0.1, 0.15) is 37.4 Å². The van der Waals surface area contributed by atoms with Crippen LogP contribution in [0, 0.1) is 5.82 Å². The highest BCUT2D eigenvalue weighted by molar-refractivity contribution is 5.89. The lowest BCUT2D eigenvalue weighted by Crippen LogP contribution is -2.41. The van der Waals surface area contributed by atoms with E-state index in [0.29, 0.717) is 31.2 Å². The Morgan fingerprint density at radius 1 is 1.44 bits per heavy atom. The van der Waals surface area contributed by atoms with Gasteiger partial charge in [0.25, 0.3) is 0 Å². The molecule has 1 aromatic heterocycles. The second-order valence-electron chi connectivity index (χ2n) is 6.64. The summed E-state index contributed by atoms with van der Waals surface area (Å²) in [6.07, 6.45) is 2.40. The summed E-state index contributed by atoms with van der Waals surface area (Å²) in [6.45, 7) is 3.14. The van der Waals surface area contributed by atoms with Gasteiger partial charge in [0.1, 0.15) is 5.82 Å². The SMILES string of the molecule is CNC(C)Cc1noc(C2CCCN(C(=O)Nc3ccccc3F)C2)n1.Cl. The average Bonchev–Trinajstić information content (AvgIpc) is 3.12. The first-order chi connectivity index (χ1) is 12.6. The van der Waals surface area contributed by atoms with Gasteiger partial charge in [0.15, 0.2) is 5.82 Å². The molecule has 0 radical (unpaired) electrons. The molecule has 2 atom stereocenters. The Morgan fingerprint density at radius 3 is 2.96 bits per heavy atom. The van der Waals surface area contributed by atoms with Gasteiger partial charge in [0, 0.05) is 25.6 Å². The van der Waals surface area contributed by atoms with E-state index < -0.39 is 5.82 Å². The van der Waals surface area contributed by atoms with Gasteiger partial charge in [-0.05, 0) is 38.9 Å². The largest absolute Gasteiger partial charge is 0.339 e. The number of likely N-dealkylation sites (N-methyl/N-ethyl adjacent to an activating group) is 1. The van der Waals surface area contributed by atoms with Crippen LogP contribution in [-0.4, -0.2) is 47.3 Å². The molecule has 2 aromatic rings. The minimum Gasteiger partial charge on any atom is -0.339 e. The lowest BCUT2D eigenvalue weighted by atomic mass is 9.98. The summed E-state index contributed by atoms with van der Waals surface area (Å²) >= 11 is 0. The molecule has 0 spiro atoms. The Kier molecular flexibility index (Phi) is 7.55. The van der Waals surface area contributed by atoms with Crippen molar-refractivity contribution in [3.05, 3.63) is 41.8 Å². The molecule has 7 nitrogen and oxygen atoms in total. The molecule has 2 N–H and O–H groups in total. The standard InChI is InChI=1S/C18H24FN5O2.ClH/c1-12(20-2)10-16-22-17(26-23-16)13-6-5-9-24(11-13)18(25)21-15-8-4-3-7-14(15)19;/h3-4,7-8,12-13,20H,5-6,9-11H2,1-2H3,(H,21,25);1H. The van der Waals surface area contributed by atoms with Crippen LogP contribution in [0.25, 0.3) is 0 Å². The number of anilines is 1. The van der Waals surface area contributed by atoms with Crippen LogP contribution >= 0.6 is 12.4 Å². The number of nitrogens with zero attached hydrogens (tertiary/aromatic N) is 3. The Morgan fingerprint density at radius 2 is 2.22 bits per heavy atom. The number of para-hydroxylation sites is 1. The number of nitrogens with one attached hydrogen (secondary N) is 2. The fourth-order valence-electron chi connectivity index (χ4n) is 3.01. The van der Waals surface area contributed by atoms with Crippen molar-refractivity contribution in [2.75, 3.05) is 25.5 Å². The smallest absolute Gasteiger partial charge is 0.321 e. The molecule has 9 heteroatoms. The second-order valence-corrected chi connectivity index (χ2v) is 6.64. The van der Waals surface area contributed by atoms with Crippen LogP contribution in [0.15, 0.2) is 28.8 Å². The zero-order valence-corrected chi connectivity index (χ0v) is 16.3. The lowest BCUT2D eigenvalue weighted by molar-refractivity contribution is 0.184. The number of halogens is 2. The Bertz CT molecular complexity index is 757. The third kappa shape index (κ3) is 5.40. The van der Waals surface area contributed by atoms with Crippen molar-refractivity contribution in [2.24, 2.45) is 0 Å². The van der Waals surface area contributed by atoms with Crippen LogP contribution in [0.5, 0.6) is 0 Å². The second kappa shape index (κ2) is 9.66. The van der Waals surface area contributed by atoms with Gasteiger partial charge < -0.3 is 20.1 Å². The number of amides is 2. The Labute approximate surface area is 164 Å². The van der Waals surface area contributed by atoms with Crippen molar-refractivity contribution < 1.29 is 13.7 Å². The topological polar surface area (TPSA) is 83.3 Å². The predicted molar refractivity (Wildman–Crippen MR) is 103 cm³/mol. The minimum absolute atomic E-state index is 0. The third-order valence-electron chi connectivity index (χ3n) is 4.64. The fourth-order valence-corrected chi connectivity index (χ4v) is 3.01. The quantitative estimate of drug-likeness (QED) is 0.809. The average molecular weight is 398 g/mol. The summed E-state index contributed by atoms with van der Waals surface area (Å²) in [5.41, 5.74) is 0.181. The summed E-state index contributed by atoms with van der Waals surface area (Å²) in [4.78, 5) is 18.6. The molecule has 1 saturated heterocycles. The van der Waals surface area contributed by atoms with E-state index in [1.807, 2.05) is 14.0 Å². The highest BCUT2D eigenvalue weighted by atomic mass is 35.5. The molecule has 2 amide bonds. The van der Waals surface area contributed by atoms with Crippen LogP contribution in [-0.2, 0) is 6.42 Å². The maximum Gasteiger partial charge on any atom is 0.321 e. The molecule has 148 valence electrons. The van der Waals surface area contributed by atoms with Gasteiger partial charge >= 0.3 is 6.03 Å². The highest BCUT2D eigenvalue weighted by Gasteiger charge is 2.29. The molecule has 2 heterocycles. The van der Waals surface area contributed by atoms with Crippen LogP contribution in [0.3, 0.4) is 0 Å². The number of benzene rings is 1. The van der Waals surface area contributed by atoms with Crippen molar-refractivity contribution in [3.8, 4) is 0 Å². The summed E-state index contributed by atoms with van der Waals surface area (Å²) in [6, 6.07) is 6.08. The number of likely N-dealkylation sites (tertiary alicyclic amines) is 1. The summed E-state index contributed by atoms with van der Waals surface area (Å²) in [5.74, 6) is 0.775. The Hall–Kier alpha value is -2.19. The van der Waals surface area contributed by atoms with Gasteiger partial charge in [-0.2, -0.15) is 4.98 Å². The number of piperidine rings is 1. The normalized spacial score (nSPS) is 17.9. The van der Waals surface area contributed by atoms with E-state index in [2.05, 4.69) is 20.8 Å². The molecule has 0 aliphatic carbocycles. The van der Waals surface area contributed by atoms with E-state index in [9.17, 15) is 9.18 Å². The van der Waals surface area contributed by atoms with Crippen LogP contribution in [0.4, 0.5) is 14.9 Å². The van der Waals surface area contributed by atoms with Crippen molar-refractivity contribution >= 4 is 24.1 Å². The monoisotopic (exact) mass is 397 g/mol. The molecule has 27 heavy (non-hydrogen) atoms. The van der Waals surface area contributed by atoms with Crippen molar-refractivity contribution in [3.63, 3.8) is 0 Å². The number of hydrogen-bond donors (Lipinski definition) is 2. The van der Waals surface area contributed by atoms with Gasteiger partial charge in [-0.3, -0.25) is 0 Å². The van der Waals surface area contributed by atoms with E-state index in [1.54, 1.807) is 23.1 Å². The van der Waals surface area contributed by atoms with Crippen molar-refractivity contribution in [1.29, 1.82) is 0 Å². The van der Waals surface area contributed by atoms with Gasteiger partial charge in [-0.15, -0.1) is 12.4 Å². The molecule has 1 aliphatic heterocycles. The first kappa shape index (κ1) is 21.1. The van der Waals surface area contributed by atoms with Crippen molar-refractivity contribution in [1.82, 2.24) is 20.4 Å². The summed E-state index contributed by atoms with van der Waals surface area (Å²) in [7, 11) is 1.89. The maximum absolute atomic E-state index is 13.7. The van der Waals surface area contributed by atoms with E-state index in [1.165, 1.54) is 6.07 Å². The molecule has 2 unspecified atom stereocenters. The minimum atomic E-state index is -0.449. The first-order valence-electron chi connectivity index (χ1n) is 8.87. The number of rotatable bonds is 5. The first-order valence-corrected chi connectivity index (χ1v) is 8.87. The molecule has 0 bridgehead atoms. The van der Waals surface area contributed by atoms with Crippen LogP contribution < -0.4 is 10.6 Å².